The van der Waals surface area contributed by atoms with E-state index in [9.17, 15) is 0 Å². The summed E-state index contributed by atoms with van der Waals surface area (Å²) in [4.78, 5) is 4.37. The van der Waals surface area contributed by atoms with E-state index in [4.69, 9.17) is 4.42 Å². The zero-order valence-corrected chi connectivity index (χ0v) is 8.16. The molecule has 0 saturated heterocycles. The molecule has 0 amide bonds. The van der Waals surface area contributed by atoms with Crippen LogP contribution in [-0.2, 0) is 0 Å². The van der Waals surface area contributed by atoms with E-state index in [1.807, 2.05) is 13.1 Å². The number of aryl methyl sites for hydroxylation is 1. The Bertz CT molecular complexity index is 429. The first-order chi connectivity index (χ1) is 6.18. The highest BCUT2D eigenvalue weighted by atomic mass is 16.3. The molecular formula is C11H13NO. The molecule has 0 saturated carbocycles. The third-order valence-corrected chi connectivity index (χ3v) is 2.28. The van der Waals surface area contributed by atoms with Crippen LogP contribution in [0, 0.1) is 6.92 Å². The van der Waals surface area contributed by atoms with Gasteiger partial charge in [-0.25, -0.2) is 0 Å². The van der Waals surface area contributed by atoms with Gasteiger partial charge in [-0.15, -0.1) is 0 Å². The van der Waals surface area contributed by atoms with Crippen LogP contribution >= 0.6 is 0 Å². The highest BCUT2D eigenvalue weighted by molar-refractivity contribution is 5.76. The van der Waals surface area contributed by atoms with E-state index in [1.165, 1.54) is 5.56 Å². The minimum absolute atomic E-state index is 0.502. The maximum atomic E-state index is 5.38. The van der Waals surface area contributed by atoms with Gasteiger partial charge in [-0.3, -0.25) is 4.98 Å². The number of hydrogen-bond donors (Lipinski definition) is 0. The SMILES string of the molecule is Cc1coc2cc(C(C)C)cnc12. The number of rotatable bonds is 1. The van der Waals surface area contributed by atoms with Gasteiger partial charge in [0.05, 0.1) is 6.26 Å². The molecule has 13 heavy (non-hydrogen) atoms. The average molecular weight is 175 g/mol. The van der Waals surface area contributed by atoms with Gasteiger partial charge in [0.1, 0.15) is 5.52 Å². The first kappa shape index (κ1) is 8.30. The van der Waals surface area contributed by atoms with Gasteiger partial charge in [0.25, 0.3) is 0 Å². The molecule has 0 radical (unpaired) electrons. The molecule has 2 nitrogen and oxygen atoms in total. The number of furan rings is 1. The zero-order chi connectivity index (χ0) is 9.42. The predicted molar refractivity (Wildman–Crippen MR) is 52.8 cm³/mol. The molecule has 0 aromatic carbocycles. The molecule has 0 N–H and O–H groups in total. The fourth-order valence-corrected chi connectivity index (χ4v) is 1.37. The molecule has 2 rings (SSSR count). The predicted octanol–water partition coefficient (Wildman–Crippen LogP) is 3.26. The first-order valence-corrected chi connectivity index (χ1v) is 4.52. The van der Waals surface area contributed by atoms with Gasteiger partial charge in [0.2, 0.25) is 0 Å². The topological polar surface area (TPSA) is 26.0 Å². The van der Waals surface area contributed by atoms with Crippen molar-refractivity contribution in [1.29, 1.82) is 0 Å². The fourth-order valence-electron chi connectivity index (χ4n) is 1.37. The summed E-state index contributed by atoms with van der Waals surface area (Å²) in [6.07, 6.45) is 3.68. The summed E-state index contributed by atoms with van der Waals surface area (Å²) in [6, 6.07) is 2.07. The highest BCUT2D eigenvalue weighted by Crippen LogP contribution is 2.22. The van der Waals surface area contributed by atoms with E-state index in [2.05, 4.69) is 24.9 Å². The van der Waals surface area contributed by atoms with Crippen LogP contribution in [0.2, 0.25) is 0 Å². The lowest BCUT2D eigenvalue weighted by Crippen LogP contribution is -1.88. The molecule has 0 fully saturated rings. The Morgan fingerprint density at radius 3 is 2.85 bits per heavy atom. The fraction of sp³-hybridized carbons (Fsp3) is 0.364. The van der Waals surface area contributed by atoms with E-state index >= 15 is 0 Å². The van der Waals surface area contributed by atoms with Crippen LogP contribution in [0.5, 0.6) is 0 Å². The number of fused-ring (bicyclic) bond motifs is 1. The second-order valence-electron chi connectivity index (χ2n) is 3.69. The quantitative estimate of drug-likeness (QED) is 0.664. The van der Waals surface area contributed by atoms with Gasteiger partial charge >= 0.3 is 0 Å². The Labute approximate surface area is 77.6 Å². The molecule has 0 bridgehead atoms. The van der Waals surface area contributed by atoms with Crippen molar-refractivity contribution in [2.75, 3.05) is 0 Å². The number of nitrogens with zero attached hydrogens (tertiary/aromatic N) is 1. The van der Waals surface area contributed by atoms with Gasteiger partial charge in [0, 0.05) is 11.8 Å². The lowest BCUT2D eigenvalue weighted by Gasteiger charge is -2.02. The molecule has 0 aliphatic heterocycles. The number of aromatic nitrogens is 1. The minimum Gasteiger partial charge on any atom is -0.462 e. The van der Waals surface area contributed by atoms with Crippen LogP contribution in [0.1, 0.15) is 30.9 Å². The normalized spacial score (nSPS) is 11.4. The Hall–Kier alpha value is -1.31. The van der Waals surface area contributed by atoms with Crippen LogP contribution in [0.25, 0.3) is 11.1 Å². The largest absolute Gasteiger partial charge is 0.462 e. The summed E-state index contributed by atoms with van der Waals surface area (Å²) in [5.41, 5.74) is 4.19. The van der Waals surface area contributed by atoms with Gasteiger partial charge in [-0.2, -0.15) is 0 Å². The van der Waals surface area contributed by atoms with E-state index in [1.54, 1.807) is 6.26 Å². The van der Waals surface area contributed by atoms with Crippen molar-refractivity contribution in [2.45, 2.75) is 26.7 Å². The Balaban J connectivity index is 2.63. The van der Waals surface area contributed by atoms with E-state index in [0.717, 1.165) is 16.7 Å². The summed E-state index contributed by atoms with van der Waals surface area (Å²) in [5, 5.41) is 0. The summed E-state index contributed by atoms with van der Waals surface area (Å²) >= 11 is 0. The maximum Gasteiger partial charge on any atom is 0.152 e. The van der Waals surface area contributed by atoms with Crippen molar-refractivity contribution in [3.63, 3.8) is 0 Å². The Morgan fingerprint density at radius 2 is 2.15 bits per heavy atom. The van der Waals surface area contributed by atoms with Crippen molar-refractivity contribution in [3.05, 3.63) is 29.7 Å². The van der Waals surface area contributed by atoms with Gasteiger partial charge in [0.15, 0.2) is 5.58 Å². The molecule has 68 valence electrons. The van der Waals surface area contributed by atoms with E-state index < -0.39 is 0 Å². The minimum atomic E-state index is 0.502. The molecule has 0 aliphatic carbocycles. The average Bonchev–Trinajstić information content (AvgIpc) is 2.47. The monoisotopic (exact) mass is 175 g/mol. The van der Waals surface area contributed by atoms with E-state index in [-0.39, 0.29) is 0 Å². The van der Waals surface area contributed by atoms with Gasteiger partial charge in [-0.05, 0) is 24.5 Å². The Morgan fingerprint density at radius 1 is 1.38 bits per heavy atom. The third kappa shape index (κ3) is 1.32. The standard InChI is InChI=1S/C11H13NO/c1-7(2)9-4-10-11(12-5-9)8(3)6-13-10/h4-7H,1-3H3. The van der Waals surface area contributed by atoms with Crippen molar-refractivity contribution < 1.29 is 4.42 Å². The Kier molecular flexibility index (Phi) is 1.83. The van der Waals surface area contributed by atoms with Crippen molar-refractivity contribution in [1.82, 2.24) is 4.98 Å². The van der Waals surface area contributed by atoms with Crippen LogP contribution in [0.4, 0.5) is 0 Å². The van der Waals surface area contributed by atoms with Crippen LogP contribution in [0.3, 0.4) is 0 Å². The van der Waals surface area contributed by atoms with Crippen LogP contribution in [0.15, 0.2) is 22.9 Å². The highest BCUT2D eigenvalue weighted by Gasteiger charge is 2.06. The number of pyridine rings is 1. The van der Waals surface area contributed by atoms with Crippen molar-refractivity contribution >= 4 is 11.1 Å². The number of hydrogen-bond acceptors (Lipinski definition) is 2. The summed E-state index contributed by atoms with van der Waals surface area (Å²) in [6.45, 7) is 6.31. The van der Waals surface area contributed by atoms with Crippen LogP contribution in [-0.4, -0.2) is 4.98 Å². The molecular weight excluding hydrogens is 162 g/mol. The zero-order valence-electron chi connectivity index (χ0n) is 8.16. The smallest absolute Gasteiger partial charge is 0.152 e. The lowest BCUT2D eigenvalue weighted by atomic mass is 10.1. The maximum absolute atomic E-state index is 5.38. The molecule has 0 unspecified atom stereocenters. The van der Waals surface area contributed by atoms with E-state index in [0.29, 0.717) is 5.92 Å². The second kappa shape index (κ2) is 2.87. The molecule has 2 aromatic rings. The summed E-state index contributed by atoms with van der Waals surface area (Å²) < 4.78 is 5.38. The summed E-state index contributed by atoms with van der Waals surface area (Å²) in [5.74, 6) is 0.502. The lowest BCUT2D eigenvalue weighted by molar-refractivity contribution is 0.611. The van der Waals surface area contributed by atoms with Crippen molar-refractivity contribution in [3.8, 4) is 0 Å². The van der Waals surface area contributed by atoms with Crippen molar-refractivity contribution in [2.24, 2.45) is 0 Å². The molecule has 2 heteroatoms. The molecule has 0 aliphatic rings. The second-order valence-corrected chi connectivity index (χ2v) is 3.69. The molecule has 2 aromatic heterocycles. The van der Waals surface area contributed by atoms with Crippen LogP contribution < -0.4 is 0 Å². The molecule has 0 atom stereocenters. The molecule has 0 spiro atoms. The first-order valence-electron chi connectivity index (χ1n) is 4.52. The summed E-state index contributed by atoms with van der Waals surface area (Å²) in [7, 11) is 0. The molecule has 2 heterocycles. The van der Waals surface area contributed by atoms with Gasteiger partial charge < -0.3 is 4.42 Å². The third-order valence-electron chi connectivity index (χ3n) is 2.28. The van der Waals surface area contributed by atoms with Gasteiger partial charge in [-0.1, -0.05) is 13.8 Å².